The maximum Gasteiger partial charge on any atom is 0.246 e. The van der Waals surface area contributed by atoms with Gasteiger partial charge in [-0.3, -0.25) is 4.79 Å². The number of ether oxygens (including phenoxy) is 1. The number of methoxy groups -OCH3 is 1. The minimum Gasteiger partial charge on any atom is -0.496 e. The first-order valence-electron chi connectivity index (χ1n) is 9.97. The average molecular weight is 443 g/mol. The summed E-state index contributed by atoms with van der Waals surface area (Å²) < 4.78 is 33.7. The van der Waals surface area contributed by atoms with Crippen molar-refractivity contribution in [2.45, 2.75) is 33.0 Å². The molecule has 0 bridgehead atoms. The van der Waals surface area contributed by atoms with Gasteiger partial charge in [-0.15, -0.1) is 5.10 Å². The lowest BCUT2D eigenvalue weighted by Crippen LogP contribution is -2.44. The molecule has 3 aromatic rings. The van der Waals surface area contributed by atoms with Gasteiger partial charge in [0.15, 0.2) is 11.6 Å². The summed E-state index contributed by atoms with van der Waals surface area (Å²) in [4.78, 5) is 18.5. The lowest BCUT2D eigenvalue weighted by atomic mass is 10.1. The standard InChI is InChI=1S/C21H23F2N7O2/c1-11-20-17(29(3)12(2)21(31)26-20)7-19(25-11)24-8-14-10-30(28-27-14)9-13-5-15(22)16(23)6-18(13)32-4/h5-7,10,12H,8-9H2,1-4H3,(H,24,25)(H,26,31)/t12-/m0/s1. The van der Waals surface area contributed by atoms with Gasteiger partial charge in [-0.1, -0.05) is 5.21 Å². The molecule has 1 aliphatic rings. The highest BCUT2D eigenvalue weighted by Gasteiger charge is 2.28. The molecule has 0 unspecified atom stereocenters. The first kappa shape index (κ1) is 21.5. The van der Waals surface area contributed by atoms with Gasteiger partial charge in [-0.25, -0.2) is 18.4 Å². The number of pyridine rings is 1. The van der Waals surface area contributed by atoms with E-state index in [-0.39, 0.29) is 24.2 Å². The molecule has 2 N–H and O–H groups in total. The zero-order valence-corrected chi connectivity index (χ0v) is 18.1. The number of nitrogens with one attached hydrogen (secondary N) is 2. The molecular weight excluding hydrogens is 420 g/mol. The Hall–Kier alpha value is -3.76. The van der Waals surface area contributed by atoms with Crippen molar-refractivity contribution in [2.24, 2.45) is 0 Å². The first-order chi connectivity index (χ1) is 15.3. The molecule has 9 nitrogen and oxygen atoms in total. The van der Waals surface area contributed by atoms with E-state index in [1.54, 1.807) is 6.20 Å². The summed E-state index contributed by atoms with van der Waals surface area (Å²) >= 11 is 0. The SMILES string of the molecule is COc1cc(F)c(F)cc1Cn1cc(CNc2cc3c(c(C)n2)NC(=O)[C@H](C)N3C)nn1. The molecule has 0 saturated heterocycles. The highest BCUT2D eigenvalue weighted by Crippen LogP contribution is 2.35. The number of anilines is 3. The molecule has 0 saturated carbocycles. The second-order valence-electron chi connectivity index (χ2n) is 7.60. The van der Waals surface area contributed by atoms with Gasteiger partial charge in [-0.2, -0.15) is 0 Å². The molecule has 11 heteroatoms. The molecule has 32 heavy (non-hydrogen) atoms. The number of likely N-dealkylation sites (N-methyl/N-ethyl adjacent to an activating group) is 1. The van der Waals surface area contributed by atoms with Crippen molar-refractivity contribution in [1.82, 2.24) is 20.0 Å². The third-order valence-corrected chi connectivity index (χ3v) is 5.46. The topological polar surface area (TPSA) is 97.2 Å². The Balaban J connectivity index is 1.47. The zero-order valence-electron chi connectivity index (χ0n) is 18.1. The molecule has 4 rings (SSSR count). The van der Waals surface area contributed by atoms with Gasteiger partial charge < -0.3 is 20.3 Å². The molecule has 168 valence electrons. The molecule has 1 amide bonds. The molecule has 1 atom stereocenters. The van der Waals surface area contributed by atoms with E-state index in [9.17, 15) is 13.6 Å². The van der Waals surface area contributed by atoms with Crippen LogP contribution >= 0.6 is 0 Å². The molecule has 0 aliphatic carbocycles. The maximum absolute atomic E-state index is 13.6. The van der Waals surface area contributed by atoms with E-state index >= 15 is 0 Å². The third kappa shape index (κ3) is 4.05. The Bertz CT molecular complexity index is 1180. The van der Waals surface area contributed by atoms with Crippen molar-refractivity contribution < 1.29 is 18.3 Å². The Kier molecular flexibility index (Phi) is 5.64. The quantitative estimate of drug-likeness (QED) is 0.605. The number of halogens is 2. The van der Waals surface area contributed by atoms with E-state index < -0.39 is 11.6 Å². The molecule has 0 spiro atoms. The smallest absolute Gasteiger partial charge is 0.246 e. The Morgan fingerprint density at radius 3 is 2.75 bits per heavy atom. The molecule has 2 aromatic heterocycles. The van der Waals surface area contributed by atoms with Crippen molar-refractivity contribution >= 4 is 23.1 Å². The molecule has 0 radical (unpaired) electrons. The van der Waals surface area contributed by atoms with Crippen LogP contribution in [0.1, 0.15) is 23.9 Å². The first-order valence-corrected chi connectivity index (χ1v) is 9.97. The van der Waals surface area contributed by atoms with Crippen LogP contribution in [-0.2, 0) is 17.9 Å². The summed E-state index contributed by atoms with van der Waals surface area (Å²) in [6.07, 6.45) is 1.70. The maximum atomic E-state index is 13.6. The van der Waals surface area contributed by atoms with E-state index in [4.69, 9.17) is 4.74 Å². The van der Waals surface area contributed by atoms with E-state index in [1.165, 1.54) is 11.8 Å². The van der Waals surface area contributed by atoms with Crippen LogP contribution in [0.15, 0.2) is 24.4 Å². The fourth-order valence-electron chi connectivity index (χ4n) is 3.53. The van der Waals surface area contributed by atoms with Crippen LogP contribution in [0.5, 0.6) is 5.75 Å². The van der Waals surface area contributed by atoms with Gasteiger partial charge in [0.1, 0.15) is 23.3 Å². The Morgan fingerprint density at radius 1 is 1.25 bits per heavy atom. The number of hydrogen-bond donors (Lipinski definition) is 2. The number of aryl methyl sites for hydroxylation is 1. The van der Waals surface area contributed by atoms with Crippen molar-refractivity contribution in [2.75, 3.05) is 29.7 Å². The summed E-state index contributed by atoms with van der Waals surface area (Å²) in [6, 6.07) is 3.68. The molecule has 1 aromatic carbocycles. The van der Waals surface area contributed by atoms with Gasteiger partial charge in [0.25, 0.3) is 0 Å². The highest BCUT2D eigenvalue weighted by molar-refractivity contribution is 6.04. The Morgan fingerprint density at radius 2 is 2.00 bits per heavy atom. The predicted molar refractivity (Wildman–Crippen MR) is 115 cm³/mol. The van der Waals surface area contributed by atoms with Crippen LogP contribution in [0.3, 0.4) is 0 Å². The van der Waals surface area contributed by atoms with Gasteiger partial charge in [0.2, 0.25) is 5.91 Å². The number of hydrogen-bond acceptors (Lipinski definition) is 7. The van der Waals surface area contributed by atoms with Crippen LogP contribution in [0, 0.1) is 18.6 Å². The van der Waals surface area contributed by atoms with Crippen LogP contribution in [0.2, 0.25) is 0 Å². The molecule has 1 aliphatic heterocycles. The number of nitrogens with zero attached hydrogens (tertiary/aromatic N) is 5. The fraction of sp³-hybridized carbons (Fsp3) is 0.333. The lowest BCUT2D eigenvalue weighted by Gasteiger charge is -2.34. The van der Waals surface area contributed by atoms with E-state index in [2.05, 4.69) is 25.9 Å². The van der Waals surface area contributed by atoms with Crippen molar-refractivity contribution in [1.29, 1.82) is 0 Å². The van der Waals surface area contributed by atoms with Gasteiger partial charge >= 0.3 is 0 Å². The lowest BCUT2D eigenvalue weighted by molar-refractivity contribution is -0.117. The summed E-state index contributed by atoms with van der Waals surface area (Å²) in [5.74, 6) is -1.12. The Labute approximate surface area is 183 Å². The van der Waals surface area contributed by atoms with Gasteiger partial charge in [0.05, 0.1) is 43.5 Å². The normalized spacial score (nSPS) is 15.4. The number of benzene rings is 1. The van der Waals surface area contributed by atoms with Crippen LogP contribution in [0.25, 0.3) is 0 Å². The van der Waals surface area contributed by atoms with Gasteiger partial charge in [-0.05, 0) is 19.9 Å². The van der Waals surface area contributed by atoms with Gasteiger partial charge in [0, 0.05) is 24.7 Å². The monoisotopic (exact) mass is 443 g/mol. The number of carbonyl (C=O) groups excluding carboxylic acids is 1. The average Bonchev–Trinajstić information content (AvgIpc) is 3.21. The van der Waals surface area contributed by atoms with Crippen LogP contribution < -0.4 is 20.3 Å². The number of aromatic nitrogens is 4. The minimum atomic E-state index is -0.971. The zero-order chi connectivity index (χ0) is 23.0. The summed E-state index contributed by atoms with van der Waals surface area (Å²) in [5, 5.41) is 14.3. The number of rotatable bonds is 6. The summed E-state index contributed by atoms with van der Waals surface area (Å²) in [5.41, 5.74) is 3.36. The van der Waals surface area contributed by atoms with Crippen molar-refractivity contribution in [3.63, 3.8) is 0 Å². The second-order valence-corrected chi connectivity index (χ2v) is 7.60. The second kappa shape index (κ2) is 8.40. The molecule has 0 fully saturated rings. The number of carbonyl (C=O) groups is 1. The fourth-order valence-corrected chi connectivity index (χ4v) is 3.53. The van der Waals surface area contributed by atoms with Crippen LogP contribution in [-0.4, -0.2) is 46.1 Å². The summed E-state index contributed by atoms with van der Waals surface area (Å²) in [7, 11) is 3.26. The predicted octanol–water partition coefficient (Wildman–Crippen LogP) is 2.71. The van der Waals surface area contributed by atoms with E-state index in [1.807, 2.05) is 31.9 Å². The molecular formula is C21H23F2N7O2. The number of amides is 1. The summed E-state index contributed by atoms with van der Waals surface area (Å²) in [6.45, 7) is 4.19. The van der Waals surface area contributed by atoms with Crippen molar-refractivity contribution in [3.05, 3.63) is 53.0 Å². The van der Waals surface area contributed by atoms with E-state index in [0.29, 0.717) is 35.0 Å². The minimum absolute atomic E-state index is 0.0695. The van der Waals surface area contributed by atoms with E-state index in [0.717, 1.165) is 17.8 Å². The largest absolute Gasteiger partial charge is 0.496 e. The highest BCUT2D eigenvalue weighted by atomic mass is 19.2. The number of fused-ring (bicyclic) bond motifs is 1. The van der Waals surface area contributed by atoms with Crippen LogP contribution in [0.4, 0.5) is 26.0 Å². The third-order valence-electron chi connectivity index (χ3n) is 5.46. The molecule has 3 heterocycles. The van der Waals surface area contributed by atoms with Crippen molar-refractivity contribution in [3.8, 4) is 5.75 Å².